The van der Waals surface area contributed by atoms with E-state index in [1.165, 1.54) is 3.57 Å². The maximum absolute atomic E-state index is 11.9. The molecule has 1 amide bonds. The third-order valence-electron chi connectivity index (χ3n) is 3.61. The van der Waals surface area contributed by atoms with Crippen molar-refractivity contribution in [2.75, 3.05) is 19.1 Å². The van der Waals surface area contributed by atoms with Crippen LogP contribution in [0.1, 0.15) is 18.9 Å². The quantitative estimate of drug-likeness (QED) is 0.682. The molecule has 0 saturated heterocycles. The zero-order valence-corrected chi connectivity index (χ0v) is 15.3. The van der Waals surface area contributed by atoms with Gasteiger partial charge in [0.2, 0.25) is 5.91 Å². The second-order valence-electron chi connectivity index (χ2n) is 5.09. The Morgan fingerprint density at radius 3 is 2.45 bits per heavy atom. The number of hydrogen-bond donors (Lipinski definition) is 0. The number of halogens is 1. The average molecular weight is 409 g/mol. The van der Waals surface area contributed by atoms with Gasteiger partial charge in [0.15, 0.2) is 0 Å². The Labute approximate surface area is 145 Å². The molecule has 0 aromatic heterocycles. The fourth-order valence-electron chi connectivity index (χ4n) is 2.36. The Kier molecular flexibility index (Phi) is 5.97. The van der Waals surface area contributed by atoms with E-state index in [9.17, 15) is 4.79 Å². The maximum atomic E-state index is 11.9. The van der Waals surface area contributed by atoms with Crippen LogP contribution in [0.2, 0.25) is 0 Å². The molecule has 2 aromatic carbocycles. The van der Waals surface area contributed by atoms with E-state index in [4.69, 9.17) is 4.74 Å². The van der Waals surface area contributed by atoms with Crippen molar-refractivity contribution in [1.82, 2.24) is 0 Å². The molecule has 0 spiro atoms. The van der Waals surface area contributed by atoms with Gasteiger partial charge in [-0.15, -0.1) is 0 Å². The minimum atomic E-state index is 0.102. The molecule has 3 nitrogen and oxygen atoms in total. The highest BCUT2D eigenvalue weighted by molar-refractivity contribution is 14.1. The molecule has 0 radical (unpaired) electrons. The lowest BCUT2D eigenvalue weighted by Crippen LogP contribution is -2.25. The molecule has 0 fully saturated rings. The molecular weight excluding hydrogens is 389 g/mol. The third-order valence-corrected chi connectivity index (χ3v) is 4.33. The van der Waals surface area contributed by atoms with Crippen LogP contribution in [0.25, 0.3) is 11.1 Å². The first-order valence-electron chi connectivity index (χ1n) is 7.21. The lowest BCUT2D eigenvalue weighted by Gasteiger charge is -2.19. The van der Waals surface area contributed by atoms with E-state index < -0.39 is 0 Å². The van der Waals surface area contributed by atoms with E-state index in [-0.39, 0.29) is 5.91 Å². The number of carbonyl (C=O) groups is 1. The van der Waals surface area contributed by atoms with Gasteiger partial charge in [0.05, 0.1) is 6.61 Å². The second-order valence-corrected chi connectivity index (χ2v) is 6.33. The smallest absolute Gasteiger partial charge is 0.226 e. The molecular formula is C18H20INO2. The van der Waals surface area contributed by atoms with E-state index in [1.54, 1.807) is 12.0 Å². The summed E-state index contributed by atoms with van der Waals surface area (Å²) in [6, 6.07) is 14.5. The number of ether oxygens (including phenoxy) is 1. The van der Waals surface area contributed by atoms with E-state index >= 15 is 0 Å². The van der Waals surface area contributed by atoms with Crippen LogP contribution in [-0.2, 0) is 16.1 Å². The lowest BCUT2D eigenvalue weighted by atomic mass is 9.99. The van der Waals surface area contributed by atoms with Crippen LogP contribution < -0.4 is 4.90 Å². The van der Waals surface area contributed by atoms with Crippen molar-refractivity contribution in [3.05, 3.63) is 51.6 Å². The summed E-state index contributed by atoms with van der Waals surface area (Å²) in [7, 11) is 3.49. The van der Waals surface area contributed by atoms with Crippen molar-refractivity contribution in [3.8, 4) is 11.1 Å². The summed E-state index contributed by atoms with van der Waals surface area (Å²) in [5.41, 5.74) is 4.27. The van der Waals surface area contributed by atoms with Gasteiger partial charge in [-0.1, -0.05) is 25.1 Å². The SMILES string of the molecule is CCC(=O)N(C)c1ccc(-c2ccc(I)cc2)c(COC)c1. The van der Waals surface area contributed by atoms with Crippen LogP contribution in [0.4, 0.5) is 5.69 Å². The molecule has 0 aliphatic heterocycles. The molecule has 4 heteroatoms. The van der Waals surface area contributed by atoms with Crippen LogP contribution in [0.5, 0.6) is 0 Å². The molecule has 0 aliphatic rings. The zero-order valence-electron chi connectivity index (χ0n) is 13.1. The van der Waals surface area contributed by atoms with Gasteiger partial charge in [-0.2, -0.15) is 0 Å². The topological polar surface area (TPSA) is 29.5 Å². The number of rotatable bonds is 5. The zero-order chi connectivity index (χ0) is 16.1. The molecule has 2 rings (SSSR count). The summed E-state index contributed by atoms with van der Waals surface area (Å²) in [6.45, 7) is 2.39. The number of anilines is 1. The highest BCUT2D eigenvalue weighted by Crippen LogP contribution is 2.29. The van der Waals surface area contributed by atoms with Gasteiger partial charge in [-0.3, -0.25) is 4.79 Å². The Balaban J connectivity index is 2.43. The first-order chi connectivity index (χ1) is 10.6. The van der Waals surface area contributed by atoms with Gasteiger partial charge in [0, 0.05) is 29.8 Å². The maximum Gasteiger partial charge on any atom is 0.226 e. The summed E-state index contributed by atoms with van der Waals surface area (Å²) >= 11 is 2.30. The first-order valence-corrected chi connectivity index (χ1v) is 8.29. The number of amides is 1. The van der Waals surface area contributed by atoms with Crippen LogP contribution in [0, 0.1) is 3.57 Å². The van der Waals surface area contributed by atoms with E-state index in [1.807, 2.05) is 26.1 Å². The van der Waals surface area contributed by atoms with Gasteiger partial charge in [-0.05, 0) is 63.5 Å². The first kappa shape index (κ1) is 17.0. The van der Waals surface area contributed by atoms with Crippen molar-refractivity contribution in [2.45, 2.75) is 20.0 Å². The number of carbonyl (C=O) groups excluding carboxylic acids is 1. The Morgan fingerprint density at radius 2 is 1.86 bits per heavy atom. The fourth-order valence-corrected chi connectivity index (χ4v) is 2.72. The van der Waals surface area contributed by atoms with Crippen LogP contribution in [-0.4, -0.2) is 20.1 Å². The molecule has 0 atom stereocenters. The third kappa shape index (κ3) is 3.87. The Morgan fingerprint density at radius 1 is 1.18 bits per heavy atom. The van der Waals surface area contributed by atoms with Crippen LogP contribution in [0.15, 0.2) is 42.5 Å². The van der Waals surface area contributed by atoms with Crippen LogP contribution >= 0.6 is 22.6 Å². The summed E-state index contributed by atoms with van der Waals surface area (Å²) in [5.74, 6) is 0.102. The Bertz CT molecular complexity index is 653. The summed E-state index contributed by atoms with van der Waals surface area (Å²) in [5, 5.41) is 0. The van der Waals surface area contributed by atoms with E-state index in [0.717, 1.165) is 22.4 Å². The van der Waals surface area contributed by atoms with Crippen molar-refractivity contribution in [3.63, 3.8) is 0 Å². The molecule has 2 aromatic rings. The Hall–Kier alpha value is -1.40. The normalized spacial score (nSPS) is 10.5. The van der Waals surface area contributed by atoms with Gasteiger partial charge in [0.25, 0.3) is 0 Å². The van der Waals surface area contributed by atoms with Gasteiger partial charge in [-0.25, -0.2) is 0 Å². The number of hydrogen-bond acceptors (Lipinski definition) is 2. The van der Waals surface area contributed by atoms with Crippen LogP contribution in [0.3, 0.4) is 0 Å². The van der Waals surface area contributed by atoms with E-state index in [2.05, 4.69) is 52.9 Å². The molecule has 0 heterocycles. The minimum Gasteiger partial charge on any atom is -0.380 e. The summed E-state index contributed by atoms with van der Waals surface area (Å²) in [4.78, 5) is 13.6. The monoisotopic (exact) mass is 409 g/mol. The molecule has 0 saturated carbocycles. The molecule has 116 valence electrons. The van der Waals surface area contributed by atoms with Gasteiger partial charge < -0.3 is 9.64 Å². The summed E-state index contributed by atoms with van der Waals surface area (Å²) < 4.78 is 6.54. The average Bonchev–Trinajstić information content (AvgIpc) is 2.54. The number of nitrogens with zero attached hydrogens (tertiary/aromatic N) is 1. The molecule has 0 unspecified atom stereocenters. The predicted molar refractivity (Wildman–Crippen MR) is 99.0 cm³/mol. The molecule has 22 heavy (non-hydrogen) atoms. The minimum absolute atomic E-state index is 0.102. The van der Waals surface area contributed by atoms with Gasteiger partial charge >= 0.3 is 0 Å². The lowest BCUT2D eigenvalue weighted by molar-refractivity contribution is -0.118. The van der Waals surface area contributed by atoms with E-state index in [0.29, 0.717) is 13.0 Å². The van der Waals surface area contributed by atoms with Crippen molar-refractivity contribution in [1.29, 1.82) is 0 Å². The highest BCUT2D eigenvalue weighted by atomic mass is 127. The number of methoxy groups -OCH3 is 1. The van der Waals surface area contributed by atoms with Crippen molar-refractivity contribution < 1.29 is 9.53 Å². The second kappa shape index (κ2) is 7.74. The molecule has 0 aliphatic carbocycles. The standard InChI is InChI=1S/C18H20INO2/c1-4-18(21)20(2)16-9-10-17(14(11-16)12-22-3)13-5-7-15(19)8-6-13/h5-11H,4,12H2,1-3H3. The van der Waals surface area contributed by atoms with Crippen molar-refractivity contribution in [2.24, 2.45) is 0 Å². The van der Waals surface area contributed by atoms with Crippen molar-refractivity contribution >= 4 is 34.2 Å². The largest absolute Gasteiger partial charge is 0.380 e. The molecule has 0 N–H and O–H groups in total. The summed E-state index contributed by atoms with van der Waals surface area (Å²) in [6.07, 6.45) is 0.495. The molecule has 0 bridgehead atoms. The number of benzene rings is 2. The fraction of sp³-hybridized carbons (Fsp3) is 0.278. The highest BCUT2D eigenvalue weighted by Gasteiger charge is 2.12. The predicted octanol–water partition coefficient (Wildman–Crippen LogP) is 4.48. The van der Waals surface area contributed by atoms with Gasteiger partial charge in [0.1, 0.15) is 0 Å².